The minimum absolute atomic E-state index is 0.0634. The quantitative estimate of drug-likeness (QED) is 0.727. The zero-order valence-corrected chi connectivity index (χ0v) is 12.2. The number of aromatic amines is 1. The van der Waals surface area contributed by atoms with Crippen molar-refractivity contribution in [1.82, 2.24) is 24.4 Å². The van der Waals surface area contributed by atoms with Gasteiger partial charge >= 0.3 is 17.8 Å². The average Bonchev–Trinajstić information content (AvgIpc) is 3.11. The smallest absolute Gasteiger partial charge is 0.434 e. The van der Waals surface area contributed by atoms with Crippen molar-refractivity contribution in [2.75, 3.05) is 6.61 Å². The first kappa shape index (κ1) is 15.8. The number of carbonyl (C=O) groups is 1. The molecular formula is C13H10F3N5O3. The number of hydrogen-bond acceptors (Lipinski definition) is 5. The van der Waals surface area contributed by atoms with E-state index in [9.17, 15) is 22.8 Å². The van der Waals surface area contributed by atoms with E-state index in [1.54, 1.807) is 0 Å². The fourth-order valence-corrected chi connectivity index (χ4v) is 2.25. The number of halogens is 3. The van der Waals surface area contributed by atoms with E-state index in [-0.39, 0.29) is 17.9 Å². The third kappa shape index (κ3) is 2.43. The maximum atomic E-state index is 13.5. The van der Waals surface area contributed by atoms with Gasteiger partial charge in [0.2, 0.25) is 0 Å². The maximum Gasteiger partial charge on any atom is 0.434 e. The van der Waals surface area contributed by atoms with Gasteiger partial charge < -0.3 is 4.74 Å². The Morgan fingerprint density at radius 3 is 2.83 bits per heavy atom. The predicted octanol–water partition coefficient (Wildman–Crippen LogP) is 1.40. The lowest BCUT2D eigenvalue weighted by Gasteiger charge is -2.12. The molecule has 8 nitrogen and oxygen atoms in total. The first-order valence-corrected chi connectivity index (χ1v) is 6.73. The summed E-state index contributed by atoms with van der Waals surface area (Å²) < 4.78 is 46.6. The molecule has 0 saturated heterocycles. The van der Waals surface area contributed by atoms with Crippen LogP contribution in [0.4, 0.5) is 13.2 Å². The molecule has 0 aliphatic rings. The van der Waals surface area contributed by atoms with E-state index >= 15 is 0 Å². The molecule has 0 radical (unpaired) electrons. The molecule has 24 heavy (non-hydrogen) atoms. The van der Waals surface area contributed by atoms with Crippen molar-refractivity contribution in [3.8, 4) is 5.69 Å². The van der Waals surface area contributed by atoms with Gasteiger partial charge in [-0.15, -0.1) is 0 Å². The van der Waals surface area contributed by atoms with Crippen molar-refractivity contribution in [1.29, 1.82) is 0 Å². The first-order chi connectivity index (χ1) is 11.3. The van der Waals surface area contributed by atoms with Crippen LogP contribution < -0.4 is 5.69 Å². The maximum absolute atomic E-state index is 13.5. The molecule has 3 aromatic rings. The molecule has 0 amide bonds. The number of hydrogen-bond donors (Lipinski definition) is 1. The van der Waals surface area contributed by atoms with Crippen LogP contribution in [0, 0.1) is 0 Å². The van der Waals surface area contributed by atoms with Gasteiger partial charge in [0.1, 0.15) is 11.3 Å². The molecule has 1 N–H and O–H groups in total. The number of pyridine rings is 1. The molecular weight excluding hydrogens is 331 g/mol. The number of fused-ring (bicyclic) bond motifs is 1. The second-order valence-corrected chi connectivity index (χ2v) is 4.65. The minimum Gasteiger partial charge on any atom is -0.462 e. The summed E-state index contributed by atoms with van der Waals surface area (Å²) in [5.74, 6) is -1.14. The number of aromatic nitrogens is 5. The highest BCUT2D eigenvalue weighted by Gasteiger charge is 2.41. The Morgan fingerprint density at radius 1 is 1.42 bits per heavy atom. The van der Waals surface area contributed by atoms with Gasteiger partial charge in [-0.3, -0.25) is 0 Å². The third-order valence-electron chi connectivity index (χ3n) is 3.18. The second kappa shape index (κ2) is 5.51. The van der Waals surface area contributed by atoms with Crippen molar-refractivity contribution in [3.05, 3.63) is 46.3 Å². The number of nitrogens with zero attached hydrogens (tertiary/aromatic N) is 4. The van der Waals surface area contributed by atoms with Crippen LogP contribution in [-0.2, 0) is 10.9 Å². The van der Waals surface area contributed by atoms with E-state index in [1.165, 1.54) is 25.3 Å². The van der Waals surface area contributed by atoms with Crippen LogP contribution in [0.5, 0.6) is 0 Å². The summed E-state index contributed by atoms with van der Waals surface area (Å²) in [6.45, 7) is 1.40. The van der Waals surface area contributed by atoms with Crippen molar-refractivity contribution < 1.29 is 22.7 Å². The summed E-state index contributed by atoms with van der Waals surface area (Å²) in [5.41, 5.74) is -2.81. The van der Waals surface area contributed by atoms with Crippen molar-refractivity contribution in [2.24, 2.45) is 0 Å². The SMILES string of the molecule is CCOC(=O)c1cnn(-c2cccn3c(=O)[nH]nc23)c1C(F)(F)F. The molecule has 0 fully saturated rings. The second-order valence-electron chi connectivity index (χ2n) is 4.65. The summed E-state index contributed by atoms with van der Waals surface area (Å²) in [7, 11) is 0. The highest BCUT2D eigenvalue weighted by Crippen LogP contribution is 2.34. The van der Waals surface area contributed by atoms with Gasteiger partial charge in [0.15, 0.2) is 11.3 Å². The molecule has 0 aliphatic carbocycles. The third-order valence-corrected chi connectivity index (χ3v) is 3.18. The topological polar surface area (TPSA) is 94.3 Å². The van der Waals surface area contributed by atoms with Gasteiger partial charge in [-0.1, -0.05) is 0 Å². The Morgan fingerprint density at radius 2 is 2.17 bits per heavy atom. The number of rotatable bonds is 3. The van der Waals surface area contributed by atoms with E-state index in [2.05, 4.69) is 20.0 Å². The Labute approximate surface area is 131 Å². The Bertz CT molecular complexity index is 969. The number of ether oxygens (including phenoxy) is 1. The van der Waals surface area contributed by atoms with Crippen LogP contribution in [0.25, 0.3) is 11.3 Å². The first-order valence-electron chi connectivity index (χ1n) is 6.73. The van der Waals surface area contributed by atoms with Gasteiger partial charge in [0, 0.05) is 6.20 Å². The number of carbonyl (C=O) groups excluding carboxylic acids is 1. The van der Waals surface area contributed by atoms with E-state index in [0.29, 0.717) is 4.68 Å². The molecule has 3 rings (SSSR count). The van der Waals surface area contributed by atoms with E-state index < -0.39 is 29.1 Å². The van der Waals surface area contributed by atoms with Crippen molar-refractivity contribution >= 4 is 11.6 Å². The fraction of sp³-hybridized carbons (Fsp3) is 0.231. The standard InChI is InChI=1S/C13H10F3N5O3/c1-2-24-11(22)7-6-17-21(9(7)13(14,15)16)8-4-3-5-20-10(8)18-19-12(20)23/h3-6H,2H2,1H3,(H,19,23). The molecule has 126 valence electrons. The molecule has 0 aliphatic heterocycles. The van der Waals surface area contributed by atoms with E-state index in [0.717, 1.165) is 10.6 Å². The van der Waals surface area contributed by atoms with E-state index in [4.69, 9.17) is 0 Å². The Kier molecular flexibility index (Phi) is 3.62. The van der Waals surface area contributed by atoms with Crippen molar-refractivity contribution in [3.63, 3.8) is 0 Å². The highest BCUT2D eigenvalue weighted by molar-refractivity contribution is 5.91. The minimum atomic E-state index is -4.87. The molecule has 0 spiro atoms. The van der Waals surface area contributed by atoms with Gasteiger partial charge in [0.25, 0.3) is 0 Å². The van der Waals surface area contributed by atoms with Gasteiger partial charge in [-0.05, 0) is 19.1 Å². The molecule has 3 aromatic heterocycles. The zero-order valence-electron chi connectivity index (χ0n) is 12.2. The largest absolute Gasteiger partial charge is 0.462 e. The Hall–Kier alpha value is -3.11. The summed E-state index contributed by atoms with van der Waals surface area (Å²) in [5, 5.41) is 9.47. The molecule has 0 bridgehead atoms. The lowest BCUT2D eigenvalue weighted by Crippen LogP contribution is -2.19. The molecule has 0 atom stereocenters. The summed E-state index contributed by atoms with van der Waals surface area (Å²) in [4.78, 5) is 23.3. The average molecular weight is 341 g/mol. The molecule has 0 unspecified atom stereocenters. The van der Waals surface area contributed by atoms with Crippen LogP contribution >= 0.6 is 0 Å². The Balaban J connectivity index is 2.28. The monoisotopic (exact) mass is 341 g/mol. The molecule has 0 saturated carbocycles. The predicted molar refractivity (Wildman–Crippen MR) is 73.9 cm³/mol. The van der Waals surface area contributed by atoms with Gasteiger partial charge in [-0.25, -0.2) is 23.8 Å². The van der Waals surface area contributed by atoms with Crippen LogP contribution in [0.1, 0.15) is 23.0 Å². The highest BCUT2D eigenvalue weighted by atomic mass is 19.4. The normalized spacial score (nSPS) is 11.8. The lowest BCUT2D eigenvalue weighted by molar-refractivity contribution is -0.143. The number of alkyl halides is 3. The zero-order chi connectivity index (χ0) is 17.5. The van der Waals surface area contributed by atoms with Crippen LogP contribution in [0.2, 0.25) is 0 Å². The molecule has 3 heterocycles. The summed E-state index contributed by atoms with van der Waals surface area (Å²) in [6, 6.07) is 2.66. The van der Waals surface area contributed by atoms with Crippen molar-refractivity contribution in [2.45, 2.75) is 13.1 Å². The van der Waals surface area contributed by atoms with Gasteiger partial charge in [-0.2, -0.15) is 23.4 Å². The molecule has 0 aromatic carbocycles. The lowest BCUT2D eigenvalue weighted by atomic mass is 10.2. The number of H-pyrrole nitrogens is 1. The summed E-state index contributed by atoms with van der Waals surface area (Å²) in [6.07, 6.45) is -2.76. The fourth-order valence-electron chi connectivity index (χ4n) is 2.25. The van der Waals surface area contributed by atoms with E-state index in [1.807, 2.05) is 0 Å². The molecule has 11 heteroatoms. The van der Waals surface area contributed by atoms with Gasteiger partial charge in [0.05, 0.1) is 12.8 Å². The summed E-state index contributed by atoms with van der Waals surface area (Å²) >= 11 is 0. The van der Waals surface area contributed by atoms with Crippen LogP contribution in [-0.4, -0.2) is 37.0 Å². The van der Waals surface area contributed by atoms with Crippen LogP contribution in [0.3, 0.4) is 0 Å². The number of nitrogens with one attached hydrogen (secondary N) is 1. The van der Waals surface area contributed by atoms with Crippen LogP contribution in [0.15, 0.2) is 29.3 Å². The number of esters is 1.